The maximum Gasteiger partial charge on any atom is 0.240 e. The Morgan fingerprint density at radius 1 is 1.62 bits per heavy atom. The number of rotatable bonds is 4. The highest BCUT2D eigenvalue weighted by Gasteiger charge is 2.33. The Kier molecular flexibility index (Phi) is 4.70. The van der Waals surface area contributed by atoms with Crippen LogP contribution in [-0.4, -0.2) is 43.2 Å². The van der Waals surface area contributed by atoms with E-state index in [-0.39, 0.29) is 5.91 Å². The molecule has 1 rings (SSSR count). The number of morpholine rings is 1. The molecule has 1 heterocycles. The average molecular weight is 229 g/mol. The SMILES string of the molecule is CCC1COCCN1CC(C)(C)C(=O)NN. The number of carbonyl (C=O) groups excluding carboxylic acids is 1. The molecule has 1 atom stereocenters. The number of ether oxygens (including phenoxy) is 1. The van der Waals surface area contributed by atoms with Crippen molar-refractivity contribution in [1.29, 1.82) is 0 Å². The summed E-state index contributed by atoms with van der Waals surface area (Å²) in [6.07, 6.45) is 1.04. The van der Waals surface area contributed by atoms with Crippen LogP contribution in [-0.2, 0) is 9.53 Å². The average Bonchev–Trinajstić information content (AvgIpc) is 2.28. The number of nitrogens with zero attached hydrogens (tertiary/aromatic N) is 1. The summed E-state index contributed by atoms with van der Waals surface area (Å²) in [4.78, 5) is 13.9. The van der Waals surface area contributed by atoms with Gasteiger partial charge in [0, 0.05) is 19.1 Å². The zero-order chi connectivity index (χ0) is 12.2. The molecule has 1 aliphatic rings. The van der Waals surface area contributed by atoms with Crippen molar-refractivity contribution in [2.45, 2.75) is 33.2 Å². The molecule has 0 aromatic heterocycles. The van der Waals surface area contributed by atoms with Gasteiger partial charge in [0.25, 0.3) is 0 Å². The lowest BCUT2D eigenvalue weighted by atomic mass is 9.91. The van der Waals surface area contributed by atoms with Crippen molar-refractivity contribution in [3.05, 3.63) is 0 Å². The first-order valence-electron chi connectivity index (χ1n) is 5.84. The highest BCUT2D eigenvalue weighted by Crippen LogP contribution is 2.21. The Hall–Kier alpha value is -0.650. The first kappa shape index (κ1) is 13.4. The minimum atomic E-state index is -0.459. The first-order chi connectivity index (χ1) is 7.51. The third kappa shape index (κ3) is 3.17. The van der Waals surface area contributed by atoms with Gasteiger partial charge in [-0.2, -0.15) is 0 Å². The fourth-order valence-corrected chi connectivity index (χ4v) is 2.05. The lowest BCUT2D eigenvalue weighted by Gasteiger charge is -2.39. The van der Waals surface area contributed by atoms with Gasteiger partial charge in [-0.25, -0.2) is 5.84 Å². The van der Waals surface area contributed by atoms with Gasteiger partial charge in [0.2, 0.25) is 5.91 Å². The maximum absolute atomic E-state index is 11.6. The van der Waals surface area contributed by atoms with E-state index in [1.807, 2.05) is 13.8 Å². The molecule has 1 aliphatic heterocycles. The lowest BCUT2D eigenvalue weighted by Crippen LogP contribution is -2.53. The van der Waals surface area contributed by atoms with Crippen molar-refractivity contribution in [3.8, 4) is 0 Å². The fourth-order valence-electron chi connectivity index (χ4n) is 2.05. The summed E-state index contributed by atoms with van der Waals surface area (Å²) in [7, 11) is 0. The van der Waals surface area contributed by atoms with Crippen molar-refractivity contribution < 1.29 is 9.53 Å². The Morgan fingerprint density at radius 2 is 2.31 bits per heavy atom. The molecular weight excluding hydrogens is 206 g/mol. The minimum Gasteiger partial charge on any atom is -0.378 e. The molecular formula is C11H23N3O2. The van der Waals surface area contributed by atoms with Gasteiger partial charge in [0.1, 0.15) is 0 Å². The maximum atomic E-state index is 11.6. The van der Waals surface area contributed by atoms with Crippen molar-refractivity contribution >= 4 is 5.91 Å². The summed E-state index contributed by atoms with van der Waals surface area (Å²) in [6, 6.07) is 0.415. The number of amides is 1. The van der Waals surface area contributed by atoms with E-state index in [1.165, 1.54) is 0 Å². The van der Waals surface area contributed by atoms with Crippen LogP contribution in [0.4, 0.5) is 0 Å². The lowest BCUT2D eigenvalue weighted by molar-refractivity contribution is -0.132. The second kappa shape index (κ2) is 5.61. The minimum absolute atomic E-state index is 0.117. The molecule has 1 amide bonds. The van der Waals surface area contributed by atoms with Gasteiger partial charge in [0.05, 0.1) is 18.6 Å². The number of hydrazine groups is 1. The molecule has 0 aromatic carbocycles. The van der Waals surface area contributed by atoms with E-state index in [1.54, 1.807) is 0 Å². The molecule has 0 radical (unpaired) electrons. The van der Waals surface area contributed by atoms with Gasteiger partial charge < -0.3 is 4.74 Å². The van der Waals surface area contributed by atoms with Crippen molar-refractivity contribution in [1.82, 2.24) is 10.3 Å². The topological polar surface area (TPSA) is 67.6 Å². The molecule has 0 spiro atoms. The molecule has 0 bridgehead atoms. The number of hydrogen-bond acceptors (Lipinski definition) is 4. The van der Waals surface area contributed by atoms with E-state index >= 15 is 0 Å². The number of hydrogen-bond donors (Lipinski definition) is 2. The van der Waals surface area contributed by atoms with Crippen LogP contribution < -0.4 is 11.3 Å². The predicted octanol–water partition coefficient (Wildman–Crippen LogP) is 0.113. The molecule has 5 nitrogen and oxygen atoms in total. The van der Waals surface area contributed by atoms with Gasteiger partial charge in [-0.1, -0.05) is 6.92 Å². The van der Waals surface area contributed by atoms with E-state index < -0.39 is 5.41 Å². The molecule has 0 aromatic rings. The van der Waals surface area contributed by atoms with Crippen LogP contribution in [0.3, 0.4) is 0 Å². The van der Waals surface area contributed by atoms with E-state index in [2.05, 4.69) is 17.2 Å². The summed E-state index contributed by atoms with van der Waals surface area (Å²) in [5.41, 5.74) is 1.77. The Balaban J connectivity index is 2.60. The summed E-state index contributed by atoms with van der Waals surface area (Å²) in [5.74, 6) is 5.07. The molecule has 0 aliphatic carbocycles. The second-order valence-electron chi connectivity index (χ2n) is 4.96. The van der Waals surface area contributed by atoms with Crippen molar-refractivity contribution in [2.75, 3.05) is 26.3 Å². The predicted molar refractivity (Wildman–Crippen MR) is 62.6 cm³/mol. The normalized spacial score (nSPS) is 23.1. The summed E-state index contributed by atoms with van der Waals surface area (Å²) in [6.45, 7) is 9.09. The Morgan fingerprint density at radius 3 is 2.88 bits per heavy atom. The molecule has 16 heavy (non-hydrogen) atoms. The van der Waals surface area contributed by atoms with Crippen LogP contribution in [0.15, 0.2) is 0 Å². The fraction of sp³-hybridized carbons (Fsp3) is 0.909. The van der Waals surface area contributed by atoms with E-state index in [0.29, 0.717) is 6.04 Å². The zero-order valence-corrected chi connectivity index (χ0v) is 10.5. The van der Waals surface area contributed by atoms with Gasteiger partial charge in [0.15, 0.2) is 0 Å². The van der Waals surface area contributed by atoms with Crippen molar-refractivity contribution in [2.24, 2.45) is 11.3 Å². The van der Waals surface area contributed by atoms with Crippen LogP contribution in [0.2, 0.25) is 0 Å². The zero-order valence-electron chi connectivity index (χ0n) is 10.5. The van der Waals surface area contributed by atoms with Crippen LogP contribution in [0, 0.1) is 5.41 Å². The Labute approximate surface area is 97.3 Å². The molecule has 1 saturated heterocycles. The second-order valence-corrected chi connectivity index (χ2v) is 4.96. The van der Waals surface area contributed by atoms with E-state index in [0.717, 1.165) is 32.7 Å². The highest BCUT2D eigenvalue weighted by atomic mass is 16.5. The quantitative estimate of drug-likeness (QED) is 0.408. The highest BCUT2D eigenvalue weighted by molar-refractivity contribution is 5.81. The molecule has 5 heteroatoms. The number of nitrogens with two attached hydrogens (primary N) is 1. The van der Waals surface area contributed by atoms with E-state index in [9.17, 15) is 4.79 Å². The number of carbonyl (C=O) groups is 1. The van der Waals surface area contributed by atoms with Gasteiger partial charge in [-0.05, 0) is 20.3 Å². The molecule has 1 unspecified atom stereocenters. The van der Waals surface area contributed by atoms with Crippen LogP contribution in [0.25, 0.3) is 0 Å². The summed E-state index contributed by atoms with van der Waals surface area (Å²) in [5, 5.41) is 0. The van der Waals surface area contributed by atoms with Gasteiger partial charge in [-0.15, -0.1) is 0 Å². The third-order valence-corrected chi connectivity index (χ3v) is 3.16. The summed E-state index contributed by atoms with van der Waals surface area (Å²) >= 11 is 0. The Bertz CT molecular complexity index is 243. The molecule has 3 N–H and O–H groups in total. The number of nitrogens with one attached hydrogen (secondary N) is 1. The van der Waals surface area contributed by atoms with Crippen LogP contribution in [0.1, 0.15) is 27.2 Å². The van der Waals surface area contributed by atoms with Gasteiger partial charge >= 0.3 is 0 Å². The monoisotopic (exact) mass is 229 g/mol. The largest absolute Gasteiger partial charge is 0.378 e. The van der Waals surface area contributed by atoms with Crippen molar-refractivity contribution in [3.63, 3.8) is 0 Å². The van der Waals surface area contributed by atoms with E-state index in [4.69, 9.17) is 10.6 Å². The van der Waals surface area contributed by atoms with Crippen LogP contribution >= 0.6 is 0 Å². The standard InChI is InChI=1S/C11H23N3O2/c1-4-9-7-16-6-5-14(9)8-11(2,3)10(15)13-12/h9H,4-8,12H2,1-3H3,(H,13,15). The first-order valence-corrected chi connectivity index (χ1v) is 5.84. The third-order valence-electron chi connectivity index (χ3n) is 3.16. The molecule has 94 valence electrons. The molecule has 0 saturated carbocycles. The summed E-state index contributed by atoms with van der Waals surface area (Å²) < 4.78 is 5.44. The smallest absolute Gasteiger partial charge is 0.240 e. The molecule has 1 fully saturated rings. The van der Waals surface area contributed by atoms with Crippen LogP contribution in [0.5, 0.6) is 0 Å². The van der Waals surface area contributed by atoms with Gasteiger partial charge in [-0.3, -0.25) is 15.1 Å².